The number of thiocarbonyl (C=S) groups is 1. The van der Waals surface area contributed by atoms with Gasteiger partial charge in [0.15, 0.2) is 5.11 Å². The number of nitro benzene ring substituents is 1. The molecule has 0 atom stereocenters. The number of rotatable bonds is 6. The molecule has 1 aromatic heterocycles. The molecule has 2 heterocycles. The average Bonchev–Trinajstić information content (AvgIpc) is 3.36. The summed E-state index contributed by atoms with van der Waals surface area (Å²) in [6, 6.07) is 25.5. The minimum atomic E-state index is -0.619. The molecule has 1 N–H and O–H groups in total. The van der Waals surface area contributed by atoms with Crippen LogP contribution in [0.1, 0.15) is 5.69 Å². The number of nitrogens with zero attached hydrogens (tertiary/aromatic N) is 3. The highest BCUT2D eigenvalue weighted by atomic mass is 32.1. The summed E-state index contributed by atoms with van der Waals surface area (Å²) >= 11 is 5.29. The first kappa shape index (κ1) is 23.6. The van der Waals surface area contributed by atoms with E-state index < -0.39 is 16.7 Å². The van der Waals surface area contributed by atoms with Crippen molar-refractivity contribution in [3.05, 3.63) is 119 Å². The zero-order valence-electron chi connectivity index (χ0n) is 19.1. The molecule has 0 saturated carbocycles. The van der Waals surface area contributed by atoms with E-state index in [1.54, 1.807) is 59.3 Å². The maximum absolute atomic E-state index is 13.4. The summed E-state index contributed by atoms with van der Waals surface area (Å²) in [5, 5.41) is 13.5. The Bertz CT molecular complexity index is 1540. The van der Waals surface area contributed by atoms with Crippen molar-refractivity contribution in [3.8, 4) is 17.2 Å². The summed E-state index contributed by atoms with van der Waals surface area (Å²) in [7, 11) is 0. The SMILES string of the molecule is O=C1NC(=S)N(c2ccc(Oc3ccccc3)cc2)C(=O)/C1=C/c1cccn1-c1ccc([N+](=O)[O-])cc1. The van der Waals surface area contributed by atoms with E-state index in [-0.39, 0.29) is 16.4 Å². The second kappa shape index (κ2) is 9.88. The van der Waals surface area contributed by atoms with Crippen LogP contribution in [0, 0.1) is 10.1 Å². The number of aromatic nitrogens is 1. The topological polar surface area (TPSA) is 107 Å². The fourth-order valence-electron chi connectivity index (χ4n) is 3.81. The zero-order chi connectivity index (χ0) is 25.9. The second-order valence-electron chi connectivity index (χ2n) is 7.94. The van der Waals surface area contributed by atoms with E-state index in [0.29, 0.717) is 28.6 Å². The summed E-state index contributed by atoms with van der Waals surface area (Å²) in [5.74, 6) is 0.0491. The van der Waals surface area contributed by atoms with Gasteiger partial charge in [0.05, 0.1) is 10.6 Å². The van der Waals surface area contributed by atoms with Gasteiger partial charge in [-0.1, -0.05) is 18.2 Å². The molecule has 2 amide bonds. The van der Waals surface area contributed by atoms with Gasteiger partial charge in [-0.05, 0) is 79.0 Å². The molecule has 0 radical (unpaired) electrons. The van der Waals surface area contributed by atoms with Crippen LogP contribution < -0.4 is 15.0 Å². The number of para-hydroxylation sites is 1. The number of amides is 2. The number of carbonyl (C=O) groups is 2. The van der Waals surface area contributed by atoms with Crippen molar-refractivity contribution in [2.75, 3.05) is 4.90 Å². The molecule has 5 rings (SSSR count). The number of nitrogens with one attached hydrogen (secondary N) is 1. The predicted octanol–water partition coefficient (Wildman–Crippen LogP) is 5.01. The number of non-ortho nitro benzene ring substituents is 1. The van der Waals surface area contributed by atoms with Crippen LogP contribution in [-0.4, -0.2) is 26.4 Å². The van der Waals surface area contributed by atoms with Gasteiger partial charge in [-0.2, -0.15) is 0 Å². The maximum Gasteiger partial charge on any atom is 0.270 e. The minimum Gasteiger partial charge on any atom is -0.457 e. The van der Waals surface area contributed by atoms with E-state index in [2.05, 4.69) is 5.32 Å². The van der Waals surface area contributed by atoms with Crippen LogP contribution in [0.2, 0.25) is 0 Å². The van der Waals surface area contributed by atoms with Crippen molar-refractivity contribution in [2.24, 2.45) is 0 Å². The summed E-state index contributed by atoms with van der Waals surface area (Å²) in [6.45, 7) is 0. The van der Waals surface area contributed by atoms with Crippen LogP contribution in [0.3, 0.4) is 0 Å². The lowest BCUT2D eigenvalue weighted by molar-refractivity contribution is -0.384. The molecule has 37 heavy (non-hydrogen) atoms. The zero-order valence-corrected chi connectivity index (χ0v) is 19.9. The molecule has 9 nitrogen and oxygen atoms in total. The third-order valence-electron chi connectivity index (χ3n) is 5.59. The molecular weight excluding hydrogens is 492 g/mol. The molecule has 1 aliphatic rings. The van der Waals surface area contributed by atoms with Crippen molar-refractivity contribution in [1.29, 1.82) is 0 Å². The monoisotopic (exact) mass is 510 g/mol. The highest BCUT2D eigenvalue weighted by molar-refractivity contribution is 7.80. The summed E-state index contributed by atoms with van der Waals surface area (Å²) in [4.78, 5) is 37.9. The van der Waals surface area contributed by atoms with Crippen LogP contribution in [0.15, 0.2) is 103 Å². The van der Waals surface area contributed by atoms with E-state index in [9.17, 15) is 19.7 Å². The standard InChI is InChI=1S/C27H18N4O5S/c32-25-24(17-21-5-4-16-29(21)18-8-10-20(11-9-18)31(34)35)26(33)30(27(37)28-25)19-12-14-23(15-13-19)36-22-6-2-1-3-7-22/h1-17H,(H,28,32,37)/b24-17+. The first-order chi connectivity index (χ1) is 17.9. The Morgan fingerprint density at radius 1 is 0.838 bits per heavy atom. The number of ether oxygens (including phenoxy) is 1. The van der Waals surface area contributed by atoms with E-state index in [4.69, 9.17) is 17.0 Å². The van der Waals surface area contributed by atoms with Crippen LogP contribution in [0.25, 0.3) is 11.8 Å². The van der Waals surface area contributed by atoms with Crippen LogP contribution >= 0.6 is 12.2 Å². The molecule has 4 aromatic rings. The number of benzene rings is 3. The molecule has 0 unspecified atom stereocenters. The fourth-order valence-corrected chi connectivity index (χ4v) is 4.09. The molecule has 0 aliphatic carbocycles. The van der Waals surface area contributed by atoms with Gasteiger partial charge in [-0.15, -0.1) is 0 Å². The number of nitro groups is 1. The first-order valence-electron chi connectivity index (χ1n) is 11.1. The summed E-state index contributed by atoms with van der Waals surface area (Å²) in [5.41, 5.74) is 1.48. The molecule has 1 aliphatic heterocycles. The Morgan fingerprint density at radius 2 is 1.49 bits per heavy atom. The van der Waals surface area contributed by atoms with E-state index in [1.807, 2.05) is 30.3 Å². The number of hydrogen-bond donors (Lipinski definition) is 1. The van der Waals surface area contributed by atoms with Gasteiger partial charge in [-0.3, -0.25) is 29.9 Å². The molecule has 182 valence electrons. The lowest BCUT2D eigenvalue weighted by atomic mass is 10.1. The second-order valence-corrected chi connectivity index (χ2v) is 8.33. The smallest absolute Gasteiger partial charge is 0.270 e. The Morgan fingerprint density at radius 3 is 2.16 bits per heavy atom. The third kappa shape index (κ3) is 4.86. The van der Waals surface area contributed by atoms with Gasteiger partial charge in [0, 0.05) is 29.7 Å². The quantitative estimate of drug-likeness (QED) is 0.129. The van der Waals surface area contributed by atoms with Gasteiger partial charge in [0.25, 0.3) is 17.5 Å². The molecule has 10 heteroatoms. The van der Waals surface area contributed by atoms with E-state index in [1.165, 1.54) is 23.1 Å². The van der Waals surface area contributed by atoms with Crippen LogP contribution in [-0.2, 0) is 9.59 Å². The van der Waals surface area contributed by atoms with Crippen LogP contribution in [0.5, 0.6) is 11.5 Å². The minimum absolute atomic E-state index is 0.0328. The van der Waals surface area contributed by atoms with Gasteiger partial charge in [0.2, 0.25) is 0 Å². The molecule has 1 saturated heterocycles. The molecule has 0 bridgehead atoms. The van der Waals surface area contributed by atoms with Crippen molar-refractivity contribution in [2.45, 2.75) is 0 Å². The Balaban J connectivity index is 1.42. The van der Waals surface area contributed by atoms with Crippen molar-refractivity contribution in [1.82, 2.24) is 9.88 Å². The predicted molar refractivity (Wildman–Crippen MR) is 142 cm³/mol. The average molecular weight is 511 g/mol. The van der Waals surface area contributed by atoms with E-state index in [0.717, 1.165) is 0 Å². The molecular formula is C27H18N4O5S. The van der Waals surface area contributed by atoms with Crippen molar-refractivity contribution in [3.63, 3.8) is 0 Å². The largest absolute Gasteiger partial charge is 0.457 e. The van der Waals surface area contributed by atoms with Gasteiger partial charge >= 0.3 is 0 Å². The Kier molecular flexibility index (Phi) is 6.31. The lowest BCUT2D eigenvalue weighted by Crippen LogP contribution is -2.54. The number of hydrogen-bond acceptors (Lipinski definition) is 6. The van der Waals surface area contributed by atoms with Crippen LogP contribution in [0.4, 0.5) is 11.4 Å². The maximum atomic E-state index is 13.4. The fraction of sp³-hybridized carbons (Fsp3) is 0. The summed E-state index contributed by atoms with van der Waals surface area (Å²) < 4.78 is 7.51. The highest BCUT2D eigenvalue weighted by Crippen LogP contribution is 2.27. The highest BCUT2D eigenvalue weighted by Gasteiger charge is 2.34. The van der Waals surface area contributed by atoms with Gasteiger partial charge < -0.3 is 9.30 Å². The lowest BCUT2D eigenvalue weighted by Gasteiger charge is -2.29. The molecule has 1 fully saturated rings. The van der Waals surface area contributed by atoms with Gasteiger partial charge in [-0.25, -0.2) is 0 Å². The van der Waals surface area contributed by atoms with Crippen molar-refractivity contribution < 1.29 is 19.2 Å². The summed E-state index contributed by atoms with van der Waals surface area (Å²) in [6.07, 6.45) is 3.19. The Hall–Kier alpha value is -5.09. The van der Waals surface area contributed by atoms with E-state index >= 15 is 0 Å². The third-order valence-corrected chi connectivity index (χ3v) is 5.87. The first-order valence-corrected chi connectivity index (χ1v) is 11.5. The molecule has 0 spiro atoms. The number of carbonyl (C=O) groups excluding carboxylic acids is 2. The molecule has 3 aromatic carbocycles. The van der Waals surface area contributed by atoms with Crippen molar-refractivity contribution >= 4 is 46.6 Å². The normalized spacial score (nSPS) is 14.5. The number of anilines is 1. The van der Waals surface area contributed by atoms with Gasteiger partial charge in [0.1, 0.15) is 17.1 Å². The Labute approximate surface area is 216 Å².